The van der Waals surface area contributed by atoms with E-state index in [2.05, 4.69) is 10.6 Å². The number of benzene rings is 1. The molecule has 20 heavy (non-hydrogen) atoms. The first-order chi connectivity index (χ1) is 9.70. The van der Waals surface area contributed by atoms with Gasteiger partial charge in [0.25, 0.3) is 0 Å². The average molecular weight is 278 g/mol. The molecule has 2 atom stereocenters. The molecule has 1 amide bonds. The standard InChI is InChI=1S/C15H22N2O3/c1-20-13-6-4-11(5-7-13)14(18)10-17-15(19)12-3-2-8-16-9-12/h4-7,12,14,16,18H,2-3,8-10H2,1H3,(H,17,19). The van der Waals surface area contributed by atoms with Crippen LogP contribution in [-0.2, 0) is 4.79 Å². The molecular formula is C15H22N2O3. The molecular weight excluding hydrogens is 256 g/mol. The van der Waals surface area contributed by atoms with Gasteiger partial charge in [-0.25, -0.2) is 0 Å². The molecule has 5 heteroatoms. The number of hydrogen-bond acceptors (Lipinski definition) is 4. The maximum absolute atomic E-state index is 12.0. The average Bonchev–Trinajstić information content (AvgIpc) is 2.53. The largest absolute Gasteiger partial charge is 0.497 e. The summed E-state index contributed by atoms with van der Waals surface area (Å²) in [5.74, 6) is 0.787. The Kier molecular flexibility index (Phi) is 5.38. The molecule has 1 saturated heterocycles. The Bertz CT molecular complexity index is 427. The van der Waals surface area contributed by atoms with Crippen molar-refractivity contribution in [2.24, 2.45) is 5.92 Å². The molecule has 1 aromatic carbocycles. The predicted molar refractivity (Wildman–Crippen MR) is 76.6 cm³/mol. The van der Waals surface area contributed by atoms with Crippen LogP contribution in [0.4, 0.5) is 0 Å². The number of aliphatic hydroxyl groups excluding tert-OH is 1. The third kappa shape index (κ3) is 3.95. The molecule has 1 aromatic rings. The summed E-state index contributed by atoms with van der Waals surface area (Å²) < 4.78 is 5.07. The van der Waals surface area contributed by atoms with Crippen LogP contribution in [0.5, 0.6) is 5.75 Å². The molecule has 0 aliphatic carbocycles. The Morgan fingerprint density at radius 3 is 2.85 bits per heavy atom. The lowest BCUT2D eigenvalue weighted by atomic mass is 9.98. The Balaban J connectivity index is 1.81. The van der Waals surface area contributed by atoms with Crippen LogP contribution < -0.4 is 15.4 Å². The van der Waals surface area contributed by atoms with Crippen molar-refractivity contribution in [3.8, 4) is 5.75 Å². The molecule has 1 aliphatic rings. The number of carbonyl (C=O) groups is 1. The molecule has 2 unspecified atom stereocenters. The zero-order valence-corrected chi connectivity index (χ0v) is 11.8. The Labute approximate surface area is 119 Å². The van der Waals surface area contributed by atoms with Crippen molar-refractivity contribution in [1.29, 1.82) is 0 Å². The van der Waals surface area contributed by atoms with Gasteiger partial charge in [0.2, 0.25) is 5.91 Å². The minimum absolute atomic E-state index is 0.0183. The van der Waals surface area contributed by atoms with Gasteiger partial charge in [-0.2, -0.15) is 0 Å². The molecule has 1 aliphatic heterocycles. The van der Waals surface area contributed by atoms with Crippen molar-refractivity contribution in [3.05, 3.63) is 29.8 Å². The van der Waals surface area contributed by atoms with E-state index in [4.69, 9.17) is 4.74 Å². The summed E-state index contributed by atoms with van der Waals surface area (Å²) in [5, 5.41) is 16.1. The second-order valence-corrected chi connectivity index (χ2v) is 5.08. The lowest BCUT2D eigenvalue weighted by Crippen LogP contribution is -2.41. The molecule has 0 saturated carbocycles. The molecule has 0 radical (unpaired) electrons. The quantitative estimate of drug-likeness (QED) is 0.746. The zero-order valence-electron chi connectivity index (χ0n) is 11.8. The number of rotatable bonds is 5. The van der Waals surface area contributed by atoms with Crippen LogP contribution in [0.3, 0.4) is 0 Å². The zero-order chi connectivity index (χ0) is 14.4. The first-order valence-electron chi connectivity index (χ1n) is 7.01. The van der Waals surface area contributed by atoms with Gasteiger partial charge in [-0.05, 0) is 37.1 Å². The fraction of sp³-hybridized carbons (Fsp3) is 0.533. The highest BCUT2D eigenvalue weighted by Crippen LogP contribution is 2.17. The van der Waals surface area contributed by atoms with E-state index in [-0.39, 0.29) is 18.4 Å². The molecule has 5 nitrogen and oxygen atoms in total. The molecule has 1 fully saturated rings. The topological polar surface area (TPSA) is 70.6 Å². The van der Waals surface area contributed by atoms with Gasteiger partial charge in [-0.15, -0.1) is 0 Å². The van der Waals surface area contributed by atoms with Gasteiger partial charge < -0.3 is 20.5 Å². The van der Waals surface area contributed by atoms with E-state index in [0.717, 1.165) is 37.2 Å². The van der Waals surface area contributed by atoms with Crippen LogP contribution in [0.15, 0.2) is 24.3 Å². The van der Waals surface area contributed by atoms with Crippen LogP contribution in [0.25, 0.3) is 0 Å². The Hall–Kier alpha value is -1.59. The van der Waals surface area contributed by atoms with Gasteiger partial charge in [0, 0.05) is 13.1 Å². The van der Waals surface area contributed by atoms with Crippen LogP contribution in [0.1, 0.15) is 24.5 Å². The number of ether oxygens (including phenoxy) is 1. The van der Waals surface area contributed by atoms with Crippen molar-refractivity contribution in [2.75, 3.05) is 26.7 Å². The number of amides is 1. The highest BCUT2D eigenvalue weighted by molar-refractivity contribution is 5.79. The number of piperidine rings is 1. The van der Waals surface area contributed by atoms with Gasteiger partial charge in [-0.3, -0.25) is 4.79 Å². The first-order valence-corrected chi connectivity index (χ1v) is 7.01. The van der Waals surface area contributed by atoms with E-state index in [1.165, 1.54) is 0 Å². The van der Waals surface area contributed by atoms with E-state index < -0.39 is 6.10 Å². The Morgan fingerprint density at radius 2 is 2.25 bits per heavy atom. The molecule has 0 aromatic heterocycles. The van der Waals surface area contributed by atoms with E-state index in [0.29, 0.717) is 0 Å². The second-order valence-electron chi connectivity index (χ2n) is 5.08. The SMILES string of the molecule is COc1ccc(C(O)CNC(=O)C2CCCNC2)cc1. The molecule has 0 bridgehead atoms. The lowest BCUT2D eigenvalue weighted by molar-refractivity contribution is -0.125. The van der Waals surface area contributed by atoms with Crippen LogP contribution in [-0.4, -0.2) is 37.8 Å². The summed E-state index contributed by atoms with van der Waals surface area (Å²) in [7, 11) is 1.60. The minimum Gasteiger partial charge on any atom is -0.497 e. The second kappa shape index (κ2) is 7.26. The summed E-state index contributed by atoms with van der Waals surface area (Å²) >= 11 is 0. The van der Waals surface area contributed by atoms with Gasteiger partial charge in [0.1, 0.15) is 5.75 Å². The van der Waals surface area contributed by atoms with E-state index in [1.54, 1.807) is 31.4 Å². The summed E-state index contributed by atoms with van der Waals surface area (Å²) in [6.07, 6.45) is 1.25. The van der Waals surface area contributed by atoms with Crippen LogP contribution in [0.2, 0.25) is 0 Å². The third-order valence-electron chi connectivity index (χ3n) is 3.64. The van der Waals surface area contributed by atoms with Gasteiger partial charge in [0.15, 0.2) is 0 Å². The highest BCUT2D eigenvalue weighted by atomic mass is 16.5. The number of aliphatic hydroxyl groups is 1. The maximum Gasteiger partial charge on any atom is 0.224 e. The molecule has 0 spiro atoms. The summed E-state index contributed by atoms with van der Waals surface area (Å²) in [4.78, 5) is 12.0. The summed E-state index contributed by atoms with van der Waals surface area (Å²) in [6.45, 7) is 1.95. The van der Waals surface area contributed by atoms with E-state index in [1.807, 2.05) is 0 Å². The first kappa shape index (κ1) is 14.8. The minimum atomic E-state index is -0.693. The van der Waals surface area contributed by atoms with Crippen molar-refractivity contribution >= 4 is 5.91 Å². The normalized spacial score (nSPS) is 20.2. The number of hydrogen-bond donors (Lipinski definition) is 3. The monoisotopic (exact) mass is 278 g/mol. The predicted octanol–water partition coefficient (Wildman–Crippen LogP) is 0.844. The molecule has 2 rings (SSSR count). The van der Waals surface area contributed by atoms with Crippen LogP contribution in [0, 0.1) is 5.92 Å². The van der Waals surface area contributed by atoms with Crippen molar-refractivity contribution in [2.45, 2.75) is 18.9 Å². The summed E-state index contributed by atoms with van der Waals surface area (Å²) in [6, 6.07) is 7.20. The molecule has 1 heterocycles. The fourth-order valence-corrected chi connectivity index (χ4v) is 2.36. The lowest BCUT2D eigenvalue weighted by Gasteiger charge is -2.22. The number of carbonyl (C=O) groups excluding carboxylic acids is 1. The van der Waals surface area contributed by atoms with E-state index >= 15 is 0 Å². The van der Waals surface area contributed by atoms with Gasteiger partial charge in [-0.1, -0.05) is 12.1 Å². The third-order valence-corrected chi connectivity index (χ3v) is 3.64. The number of methoxy groups -OCH3 is 1. The van der Waals surface area contributed by atoms with Crippen molar-refractivity contribution in [1.82, 2.24) is 10.6 Å². The number of nitrogens with one attached hydrogen (secondary N) is 2. The Morgan fingerprint density at radius 1 is 1.50 bits per heavy atom. The van der Waals surface area contributed by atoms with Crippen LogP contribution >= 0.6 is 0 Å². The van der Waals surface area contributed by atoms with E-state index in [9.17, 15) is 9.90 Å². The van der Waals surface area contributed by atoms with Gasteiger partial charge >= 0.3 is 0 Å². The smallest absolute Gasteiger partial charge is 0.224 e. The van der Waals surface area contributed by atoms with Crippen molar-refractivity contribution < 1.29 is 14.6 Å². The van der Waals surface area contributed by atoms with Crippen molar-refractivity contribution in [3.63, 3.8) is 0 Å². The molecule has 3 N–H and O–H groups in total. The maximum atomic E-state index is 12.0. The highest BCUT2D eigenvalue weighted by Gasteiger charge is 2.21. The fourth-order valence-electron chi connectivity index (χ4n) is 2.36. The summed E-state index contributed by atoms with van der Waals surface area (Å²) in [5.41, 5.74) is 0.771. The molecule has 110 valence electrons. The van der Waals surface area contributed by atoms with Gasteiger partial charge in [0.05, 0.1) is 19.1 Å².